The second-order valence-electron chi connectivity index (χ2n) is 4.62. The van der Waals surface area contributed by atoms with E-state index in [-0.39, 0.29) is 29.6 Å². The molecular formula is C15H19ClN4O2. The molecule has 0 aliphatic carbocycles. The number of H-pyrrole nitrogens is 1. The number of amides is 1. The van der Waals surface area contributed by atoms with Crippen LogP contribution in [0.2, 0.25) is 0 Å². The molecule has 2 rings (SSSR count). The Morgan fingerprint density at radius 3 is 2.45 bits per heavy atom. The maximum Gasteiger partial charge on any atom is 0.274 e. The van der Waals surface area contributed by atoms with Crippen molar-refractivity contribution in [1.29, 1.82) is 0 Å². The number of aromatic amines is 1. The minimum Gasteiger partial charge on any atom is -0.336 e. The largest absolute Gasteiger partial charge is 0.336 e. The molecule has 7 heteroatoms. The van der Waals surface area contributed by atoms with Crippen molar-refractivity contribution in [3.8, 4) is 0 Å². The zero-order valence-electron chi connectivity index (χ0n) is 12.1. The Labute approximate surface area is 134 Å². The molecule has 0 spiro atoms. The van der Waals surface area contributed by atoms with Crippen LogP contribution in [0.4, 0.5) is 0 Å². The highest BCUT2D eigenvalue weighted by molar-refractivity contribution is 5.92. The van der Waals surface area contributed by atoms with E-state index in [1.807, 2.05) is 30.3 Å². The molecule has 0 atom stereocenters. The molecular weight excluding hydrogens is 304 g/mol. The van der Waals surface area contributed by atoms with Crippen LogP contribution < -0.4 is 11.3 Å². The Hall–Kier alpha value is -2.18. The van der Waals surface area contributed by atoms with Crippen LogP contribution >= 0.6 is 12.4 Å². The zero-order valence-corrected chi connectivity index (χ0v) is 12.9. The number of nitrogens with two attached hydrogens (primary N) is 1. The lowest BCUT2D eigenvalue weighted by Crippen LogP contribution is -2.37. The van der Waals surface area contributed by atoms with E-state index in [9.17, 15) is 9.59 Å². The molecule has 0 unspecified atom stereocenters. The second kappa shape index (κ2) is 8.96. The number of hydrogen-bond acceptors (Lipinski definition) is 4. The van der Waals surface area contributed by atoms with Gasteiger partial charge in [0.15, 0.2) is 0 Å². The first-order valence-electron chi connectivity index (χ1n) is 6.79. The molecule has 0 bridgehead atoms. The molecule has 0 saturated heterocycles. The normalized spacial score (nSPS) is 9.86. The average Bonchev–Trinajstić information content (AvgIpc) is 2.52. The minimum absolute atomic E-state index is 0. The predicted octanol–water partition coefficient (Wildman–Crippen LogP) is 0.835. The van der Waals surface area contributed by atoms with E-state index in [0.717, 1.165) is 12.0 Å². The molecule has 0 aliphatic heterocycles. The van der Waals surface area contributed by atoms with E-state index < -0.39 is 0 Å². The van der Waals surface area contributed by atoms with Crippen LogP contribution in [-0.2, 0) is 6.42 Å². The Balaban J connectivity index is 0.00000242. The standard InChI is InChI=1S/C15H18N4O2.ClH/c16-9-11-19(10-8-12-4-2-1-3-5-12)15(21)13-6-7-14(20)18-17-13;/h1-7H,8-11,16H2,(H,18,20);1H. The van der Waals surface area contributed by atoms with Crippen molar-refractivity contribution >= 4 is 18.3 Å². The summed E-state index contributed by atoms with van der Waals surface area (Å²) in [6, 6.07) is 12.6. The molecule has 0 fully saturated rings. The van der Waals surface area contributed by atoms with Crippen molar-refractivity contribution in [1.82, 2.24) is 15.1 Å². The topological polar surface area (TPSA) is 92.1 Å². The summed E-state index contributed by atoms with van der Waals surface area (Å²) in [5.74, 6) is -0.229. The van der Waals surface area contributed by atoms with Gasteiger partial charge in [-0.15, -0.1) is 12.4 Å². The zero-order chi connectivity index (χ0) is 15.1. The van der Waals surface area contributed by atoms with Crippen LogP contribution in [0.3, 0.4) is 0 Å². The molecule has 22 heavy (non-hydrogen) atoms. The van der Waals surface area contributed by atoms with Crippen LogP contribution in [0.15, 0.2) is 47.3 Å². The van der Waals surface area contributed by atoms with Crippen molar-refractivity contribution in [2.75, 3.05) is 19.6 Å². The fourth-order valence-electron chi connectivity index (χ4n) is 2.01. The monoisotopic (exact) mass is 322 g/mol. The average molecular weight is 323 g/mol. The quantitative estimate of drug-likeness (QED) is 0.824. The maximum atomic E-state index is 12.4. The first kappa shape index (κ1) is 17.9. The van der Waals surface area contributed by atoms with E-state index in [2.05, 4.69) is 10.2 Å². The molecule has 1 heterocycles. The molecule has 6 nitrogen and oxygen atoms in total. The van der Waals surface area contributed by atoms with Crippen molar-refractivity contribution in [3.05, 3.63) is 64.1 Å². The molecule has 0 aliphatic rings. The maximum absolute atomic E-state index is 12.4. The Kier molecular flexibility index (Phi) is 7.28. The lowest BCUT2D eigenvalue weighted by molar-refractivity contribution is 0.0755. The third kappa shape index (κ3) is 4.98. The van der Waals surface area contributed by atoms with E-state index >= 15 is 0 Å². The van der Waals surface area contributed by atoms with Gasteiger partial charge in [-0.3, -0.25) is 9.59 Å². The van der Waals surface area contributed by atoms with Crippen molar-refractivity contribution < 1.29 is 4.79 Å². The highest BCUT2D eigenvalue weighted by Crippen LogP contribution is 2.04. The summed E-state index contributed by atoms with van der Waals surface area (Å²) in [4.78, 5) is 25.0. The van der Waals surface area contributed by atoms with E-state index in [1.54, 1.807) is 4.90 Å². The van der Waals surface area contributed by atoms with Crippen LogP contribution in [0, 0.1) is 0 Å². The number of carbonyl (C=O) groups is 1. The molecule has 118 valence electrons. The van der Waals surface area contributed by atoms with Gasteiger partial charge in [-0.05, 0) is 18.1 Å². The lowest BCUT2D eigenvalue weighted by atomic mass is 10.1. The van der Waals surface area contributed by atoms with Gasteiger partial charge in [-0.2, -0.15) is 5.10 Å². The number of rotatable bonds is 6. The summed E-state index contributed by atoms with van der Waals surface area (Å²) < 4.78 is 0. The summed E-state index contributed by atoms with van der Waals surface area (Å²) in [6.07, 6.45) is 0.746. The van der Waals surface area contributed by atoms with E-state index in [4.69, 9.17) is 5.73 Å². The van der Waals surface area contributed by atoms with Gasteiger partial charge in [-0.1, -0.05) is 30.3 Å². The molecule has 3 N–H and O–H groups in total. The number of nitrogens with zero attached hydrogens (tertiary/aromatic N) is 2. The highest BCUT2D eigenvalue weighted by atomic mass is 35.5. The Morgan fingerprint density at radius 1 is 1.14 bits per heavy atom. The summed E-state index contributed by atoms with van der Waals surface area (Å²) in [6.45, 7) is 1.39. The van der Waals surface area contributed by atoms with Crippen molar-refractivity contribution in [2.45, 2.75) is 6.42 Å². The smallest absolute Gasteiger partial charge is 0.274 e. The van der Waals surface area contributed by atoms with Gasteiger partial charge in [0.25, 0.3) is 11.5 Å². The van der Waals surface area contributed by atoms with Crippen LogP contribution in [0.5, 0.6) is 0 Å². The SMILES string of the molecule is Cl.NCCN(CCc1ccccc1)C(=O)c1ccc(=O)[nH]n1. The fourth-order valence-corrected chi connectivity index (χ4v) is 2.01. The number of aromatic nitrogens is 2. The highest BCUT2D eigenvalue weighted by Gasteiger charge is 2.16. The predicted molar refractivity (Wildman–Crippen MR) is 87.2 cm³/mol. The summed E-state index contributed by atoms with van der Waals surface area (Å²) in [7, 11) is 0. The van der Waals surface area contributed by atoms with Gasteiger partial charge >= 0.3 is 0 Å². The molecule has 1 amide bonds. The molecule has 0 saturated carbocycles. The van der Waals surface area contributed by atoms with Crippen molar-refractivity contribution in [3.63, 3.8) is 0 Å². The number of nitrogens with one attached hydrogen (secondary N) is 1. The molecule has 1 aromatic carbocycles. The fraction of sp³-hybridized carbons (Fsp3) is 0.267. The van der Waals surface area contributed by atoms with Gasteiger partial charge in [0.05, 0.1) is 0 Å². The third-order valence-corrected chi connectivity index (χ3v) is 3.10. The van der Waals surface area contributed by atoms with Crippen LogP contribution in [0.25, 0.3) is 0 Å². The molecule has 1 aromatic heterocycles. The van der Waals surface area contributed by atoms with Gasteiger partial charge in [0.1, 0.15) is 5.69 Å². The van der Waals surface area contributed by atoms with E-state index in [1.165, 1.54) is 12.1 Å². The van der Waals surface area contributed by atoms with Crippen LogP contribution in [0.1, 0.15) is 16.1 Å². The van der Waals surface area contributed by atoms with E-state index in [0.29, 0.717) is 19.6 Å². The summed E-state index contributed by atoms with van der Waals surface area (Å²) in [5.41, 5.74) is 6.61. The van der Waals surface area contributed by atoms with Gasteiger partial charge in [-0.25, -0.2) is 5.10 Å². The molecule has 2 aromatic rings. The van der Waals surface area contributed by atoms with Gasteiger partial charge in [0.2, 0.25) is 0 Å². The minimum atomic E-state index is -0.332. The Bertz CT molecular complexity index is 625. The van der Waals surface area contributed by atoms with Gasteiger partial charge in [0, 0.05) is 25.7 Å². The van der Waals surface area contributed by atoms with Crippen molar-refractivity contribution in [2.24, 2.45) is 5.73 Å². The van der Waals surface area contributed by atoms with Gasteiger partial charge < -0.3 is 10.6 Å². The second-order valence-corrected chi connectivity index (χ2v) is 4.62. The van der Waals surface area contributed by atoms with Crippen LogP contribution in [-0.4, -0.2) is 40.6 Å². The first-order valence-corrected chi connectivity index (χ1v) is 6.79. The third-order valence-electron chi connectivity index (χ3n) is 3.10. The number of benzene rings is 1. The first-order chi connectivity index (χ1) is 10.2. The number of carbonyl (C=O) groups excluding carboxylic acids is 1. The number of halogens is 1. The summed E-state index contributed by atoms with van der Waals surface area (Å²) >= 11 is 0. The lowest BCUT2D eigenvalue weighted by Gasteiger charge is -2.21. The number of hydrogen-bond donors (Lipinski definition) is 2. The molecule has 0 radical (unpaired) electrons. The Morgan fingerprint density at radius 2 is 1.86 bits per heavy atom. The summed E-state index contributed by atoms with van der Waals surface area (Å²) in [5, 5.41) is 6.03.